The molecule has 0 saturated carbocycles. The van der Waals surface area contributed by atoms with Crippen LogP contribution in [0.5, 0.6) is 11.5 Å². The van der Waals surface area contributed by atoms with E-state index in [1.165, 1.54) is 0 Å². The number of hydrogen-bond donors (Lipinski definition) is 2. The summed E-state index contributed by atoms with van der Waals surface area (Å²) in [6.07, 6.45) is 0. The van der Waals surface area contributed by atoms with Crippen molar-refractivity contribution < 1.29 is 37.9 Å². The van der Waals surface area contributed by atoms with E-state index in [1.54, 1.807) is 14.2 Å². The van der Waals surface area contributed by atoms with Crippen LogP contribution in [-0.4, -0.2) is 103 Å². The standard InChI is InChI=1S/C21H32Br2N2O9/c1-27-3-5-29-7-9-31-11-13-33-19-15(22)17-18(25-21(26)24-17)16(23)20(19)34-14-12-32-10-8-30-6-4-28-2/h3-14H2,1-2H3,(H2,24,25,26). The third-order valence-corrected chi connectivity index (χ3v) is 5.84. The Balaban J connectivity index is 1.88. The van der Waals surface area contributed by atoms with Crippen LogP contribution in [0, 0.1) is 0 Å². The second-order valence-electron chi connectivity index (χ2n) is 6.75. The Morgan fingerprint density at radius 3 is 1.24 bits per heavy atom. The lowest BCUT2D eigenvalue weighted by molar-refractivity contribution is 0.0159. The number of nitrogens with one attached hydrogen (secondary N) is 2. The zero-order valence-electron chi connectivity index (χ0n) is 19.4. The highest BCUT2D eigenvalue weighted by Gasteiger charge is 2.22. The first-order valence-electron chi connectivity index (χ1n) is 10.8. The number of methoxy groups -OCH3 is 2. The number of rotatable bonds is 20. The van der Waals surface area contributed by atoms with Gasteiger partial charge in [-0.05, 0) is 31.9 Å². The summed E-state index contributed by atoms with van der Waals surface area (Å²) >= 11 is 7.03. The van der Waals surface area contributed by atoms with Crippen LogP contribution in [-0.2, 0) is 28.4 Å². The van der Waals surface area contributed by atoms with E-state index in [1.807, 2.05) is 0 Å². The number of benzene rings is 1. The molecule has 0 spiro atoms. The largest absolute Gasteiger partial charge is 0.486 e. The predicted octanol–water partition coefficient (Wildman–Crippen LogP) is 2.50. The molecule has 0 atom stereocenters. The van der Waals surface area contributed by atoms with E-state index in [4.69, 9.17) is 37.9 Å². The molecule has 0 amide bonds. The number of fused-ring (bicyclic) bond motifs is 1. The molecule has 0 saturated heterocycles. The van der Waals surface area contributed by atoms with Crippen LogP contribution in [0.15, 0.2) is 13.7 Å². The van der Waals surface area contributed by atoms with E-state index < -0.39 is 0 Å². The molecule has 2 aromatic rings. The lowest BCUT2D eigenvalue weighted by Crippen LogP contribution is -2.14. The lowest BCUT2D eigenvalue weighted by atomic mass is 10.2. The van der Waals surface area contributed by atoms with E-state index in [9.17, 15) is 4.79 Å². The molecule has 11 nitrogen and oxygen atoms in total. The first-order chi connectivity index (χ1) is 16.6. The van der Waals surface area contributed by atoms with Gasteiger partial charge in [0.2, 0.25) is 0 Å². The van der Waals surface area contributed by atoms with Gasteiger partial charge in [0.05, 0.1) is 86.0 Å². The fraction of sp³-hybridized carbons (Fsp3) is 0.667. The highest BCUT2D eigenvalue weighted by atomic mass is 79.9. The Kier molecular flexibility index (Phi) is 14.8. The second kappa shape index (κ2) is 17.3. The van der Waals surface area contributed by atoms with Gasteiger partial charge >= 0.3 is 5.69 Å². The average Bonchev–Trinajstić information content (AvgIpc) is 3.23. The van der Waals surface area contributed by atoms with Crippen LogP contribution in [0.25, 0.3) is 11.0 Å². The number of hydrogen-bond acceptors (Lipinski definition) is 9. The van der Waals surface area contributed by atoms with E-state index in [0.29, 0.717) is 97.5 Å². The van der Waals surface area contributed by atoms with Crippen molar-refractivity contribution >= 4 is 42.9 Å². The van der Waals surface area contributed by atoms with E-state index >= 15 is 0 Å². The van der Waals surface area contributed by atoms with Crippen molar-refractivity contribution in [3.05, 3.63) is 19.4 Å². The van der Waals surface area contributed by atoms with Crippen molar-refractivity contribution in [1.29, 1.82) is 0 Å². The van der Waals surface area contributed by atoms with Gasteiger partial charge in [0.15, 0.2) is 11.5 Å². The van der Waals surface area contributed by atoms with Crippen molar-refractivity contribution in [2.45, 2.75) is 0 Å². The molecule has 1 heterocycles. The van der Waals surface area contributed by atoms with Gasteiger partial charge in [-0.25, -0.2) is 4.79 Å². The van der Waals surface area contributed by atoms with Crippen LogP contribution in [0.3, 0.4) is 0 Å². The van der Waals surface area contributed by atoms with Gasteiger partial charge < -0.3 is 47.9 Å². The molecule has 2 rings (SSSR count). The molecule has 194 valence electrons. The third-order valence-electron chi connectivity index (χ3n) is 4.33. The lowest BCUT2D eigenvalue weighted by Gasteiger charge is -2.17. The quantitative estimate of drug-likeness (QED) is 0.216. The van der Waals surface area contributed by atoms with Crippen LogP contribution in [0.4, 0.5) is 0 Å². The first kappa shape index (κ1) is 29.0. The summed E-state index contributed by atoms with van der Waals surface area (Å²) in [5.74, 6) is 0.884. The van der Waals surface area contributed by atoms with Gasteiger partial charge in [-0.3, -0.25) is 0 Å². The van der Waals surface area contributed by atoms with Crippen LogP contribution >= 0.6 is 31.9 Å². The van der Waals surface area contributed by atoms with E-state index in [0.717, 1.165) is 0 Å². The summed E-state index contributed by atoms with van der Waals surface area (Å²) < 4.78 is 44.6. The summed E-state index contributed by atoms with van der Waals surface area (Å²) in [6.45, 7) is 5.23. The maximum absolute atomic E-state index is 11.9. The molecule has 13 heteroatoms. The van der Waals surface area contributed by atoms with Gasteiger partial charge in [-0.15, -0.1) is 0 Å². The maximum atomic E-state index is 11.9. The first-order valence-corrected chi connectivity index (χ1v) is 12.4. The third kappa shape index (κ3) is 9.82. The number of halogens is 2. The Bertz CT molecular complexity index is 823. The van der Waals surface area contributed by atoms with E-state index in [2.05, 4.69) is 41.8 Å². The normalized spacial score (nSPS) is 11.4. The Hall–Kier alpha value is -1.19. The second-order valence-corrected chi connectivity index (χ2v) is 8.33. The van der Waals surface area contributed by atoms with Gasteiger partial charge in [-0.2, -0.15) is 0 Å². The molecule has 0 aliphatic rings. The monoisotopic (exact) mass is 614 g/mol. The number of ether oxygens (including phenoxy) is 8. The molecular weight excluding hydrogens is 584 g/mol. The molecule has 1 aromatic heterocycles. The summed E-state index contributed by atoms with van der Waals surface area (Å²) in [5.41, 5.74) is 0.792. The molecule has 0 aliphatic carbocycles. The van der Waals surface area contributed by atoms with Gasteiger partial charge in [0.25, 0.3) is 0 Å². The zero-order chi connectivity index (χ0) is 24.6. The Labute approximate surface area is 214 Å². The highest BCUT2D eigenvalue weighted by Crippen LogP contribution is 2.46. The molecule has 0 bridgehead atoms. The Morgan fingerprint density at radius 1 is 0.559 bits per heavy atom. The van der Waals surface area contributed by atoms with Crippen molar-refractivity contribution in [1.82, 2.24) is 9.97 Å². The van der Waals surface area contributed by atoms with Crippen molar-refractivity contribution in [2.24, 2.45) is 0 Å². The molecule has 34 heavy (non-hydrogen) atoms. The van der Waals surface area contributed by atoms with Gasteiger partial charge in [-0.1, -0.05) is 0 Å². The topological polar surface area (TPSA) is 122 Å². The molecule has 2 N–H and O–H groups in total. The minimum atomic E-state index is -0.340. The van der Waals surface area contributed by atoms with Crippen molar-refractivity contribution in [3.63, 3.8) is 0 Å². The fourth-order valence-electron chi connectivity index (χ4n) is 2.73. The van der Waals surface area contributed by atoms with Crippen molar-refractivity contribution in [2.75, 3.05) is 93.5 Å². The average molecular weight is 616 g/mol. The predicted molar refractivity (Wildman–Crippen MR) is 132 cm³/mol. The van der Waals surface area contributed by atoms with Crippen LogP contribution in [0.1, 0.15) is 0 Å². The molecule has 0 unspecified atom stereocenters. The fourth-order valence-corrected chi connectivity index (χ4v) is 3.91. The van der Waals surface area contributed by atoms with E-state index in [-0.39, 0.29) is 18.9 Å². The molecule has 0 aliphatic heterocycles. The minimum absolute atomic E-state index is 0.273. The summed E-state index contributed by atoms with van der Waals surface area (Å²) in [7, 11) is 3.25. The summed E-state index contributed by atoms with van der Waals surface area (Å²) in [5, 5.41) is 0. The van der Waals surface area contributed by atoms with Crippen molar-refractivity contribution in [3.8, 4) is 11.5 Å². The van der Waals surface area contributed by atoms with Crippen LogP contribution < -0.4 is 15.2 Å². The molecule has 0 fully saturated rings. The summed E-state index contributed by atoms with van der Waals surface area (Å²) in [6, 6.07) is 0. The minimum Gasteiger partial charge on any atom is -0.486 e. The number of aromatic amines is 2. The molecule has 0 radical (unpaired) electrons. The number of imidazole rings is 1. The van der Waals surface area contributed by atoms with Crippen LogP contribution in [0.2, 0.25) is 0 Å². The molecular formula is C21H32Br2N2O9. The molecule has 1 aromatic carbocycles. The summed E-state index contributed by atoms with van der Waals surface area (Å²) in [4.78, 5) is 17.3. The Morgan fingerprint density at radius 2 is 0.882 bits per heavy atom. The van der Waals surface area contributed by atoms with Gasteiger partial charge in [0, 0.05) is 14.2 Å². The SMILES string of the molecule is COCCOCCOCCOc1c(OCCOCCOCCOC)c(Br)c2[nH]c(=O)[nH]c2c1Br. The smallest absolute Gasteiger partial charge is 0.323 e. The zero-order valence-corrected chi connectivity index (χ0v) is 22.6. The van der Waals surface area contributed by atoms with Gasteiger partial charge in [0.1, 0.15) is 13.2 Å². The number of aromatic nitrogens is 2. The number of H-pyrrole nitrogens is 2. The highest BCUT2D eigenvalue weighted by molar-refractivity contribution is 9.11. The maximum Gasteiger partial charge on any atom is 0.323 e.